The van der Waals surface area contributed by atoms with E-state index in [1.165, 1.54) is 4.90 Å². The van der Waals surface area contributed by atoms with Crippen LogP contribution >= 0.6 is 0 Å². The summed E-state index contributed by atoms with van der Waals surface area (Å²) in [4.78, 5) is 39.1. The minimum atomic E-state index is -0.748. The van der Waals surface area contributed by atoms with Gasteiger partial charge in [0.05, 0.1) is 17.9 Å². The van der Waals surface area contributed by atoms with Gasteiger partial charge in [-0.1, -0.05) is 6.92 Å². The zero-order valence-corrected chi connectivity index (χ0v) is 13.0. The summed E-state index contributed by atoms with van der Waals surface area (Å²) >= 11 is 0. The number of aliphatic carboxylic acids is 1. The van der Waals surface area contributed by atoms with Gasteiger partial charge in [-0.3, -0.25) is 24.2 Å². The number of hydrogen-bond acceptors (Lipinski definition) is 4. The smallest absolute Gasteiger partial charge is 0.309 e. The van der Waals surface area contributed by atoms with Crippen molar-refractivity contribution in [3.8, 4) is 0 Å². The number of carboxylic acid groups (broad SMARTS) is 1. The van der Waals surface area contributed by atoms with Gasteiger partial charge < -0.3 is 5.11 Å². The first-order chi connectivity index (χ1) is 9.82. The van der Waals surface area contributed by atoms with E-state index in [-0.39, 0.29) is 24.3 Å². The van der Waals surface area contributed by atoms with Crippen LogP contribution in [0.5, 0.6) is 0 Å². The number of imide groups is 1. The molecule has 0 aromatic carbocycles. The van der Waals surface area contributed by atoms with E-state index in [0.717, 1.165) is 0 Å². The fraction of sp³-hybridized carbons (Fsp3) is 0.800. The lowest BCUT2D eigenvalue weighted by Crippen LogP contribution is -2.50. The highest BCUT2D eigenvalue weighted by Gasteiger charge is 2.47. The van der Waals surface area contributed by atoms with Crippen LogP contribution in [0, 0.1) is 5.41 Å². The van der Waals surface area contributed by atoms with Crippen molar-refractivity contribution in [2.45, 2.75) is 58.5 Å². The van der Waals surface area contributed by atoms with Gasteiger partial charge in [-0.25, -0.2) is 0 Å². The Morgan fingerprint density at radius 3 is 2.29 bits per heavy atom. The second-order valence-electron chi connectivity index (χ2n) is 6.39. The van der Waals surface area contributed by atoms with Crippen LogP contribution < -0.4 is 0 Å². The highest BCUT2D eigenvalue weighted by Crippen LogP contribution is 2.37. The molecule has 2 aliphatic heterocycles. The Morgan fingerprint density at radius 1 is 1.33 bits per heavy atom. The van der Waals surface area contributed by atoms with Crippen LogP contribution in [0.4, 0.5) is 0 Å². The summed E-state index contributed by atoms with van der Waals surface area (Å²) in [7, 11) is 0. The van der Waals surface area contributed by atoms with E-state index in [1.807, 2.05) is 25.7 Å². The number of carbonyl (C=O) groups is 3. The monoisotopic (exact) mass is 296 g/mol. The largest absolute Gasteiger partial charge is 0.481 e. The van der Waals surface area contributed by atoms with Gasteiger partial charge in [0.15, 0.2) is 0 Å². The van der Waals surface area contributed by atoms with E-state index in [2.05, 4.69) is 0 Å². The molecule has 0 aromatic rings. The van der Waals surface area contributed by atoms with Gasteiger partial charge in [-0.05, 0) is 33.1 Å². The lowest BCUT2D eigenvalue weighted by Gasteiger charge is -2.40. The van der Waals surface area contributed by atoms with Crippen LogP contribution in [-0.4, -0.2) is 57.9 Å². The zero-order chi connectivity index (χ0) is 15.8. The average Bonchev–Trinajstić information content (AvgIpc) is 2.73. The van der Waals surface area contributed by atoms with Crippen molar-refractivity contribution in [3.05, 3.63) is 0 Å². The third kappa shape index (κ3) is 2.69. The van der Waals surface area contributed by atoms with Gasteiger partial charge in [-0.15, -0.1) is 0 Å². The van der Waals surface area contributed by atoms with E-state index >= 15 is 0 Å². The molecule has 118 valence electrons. The van der Waals surface area contributed by atoms with Gasteiger partial charge >= 0.3 is 5.97 Å². The third-order valence-electron chi connectivity index (χ3n) is 5.00. The Balaban J connectivity index is 2.05. The van der Waals surface area contributed by atoms with E-state index in [4.69, 9.17) is 0 Å². The Bertz CT molecular complexity index is 453. The maximum Gasteiger partial charge on any atom is 0.309 e. The summed E-state index contributed by atoms with van der Waals surface area (Å²) in [6.07, 6.45) is 1.91. The average molecular weight is 296 g/mol. The van der Waals surface area contributed by atoms with Crippen LogP contribution in [0.1, 0.15) is 46.5 Å². The molecule has 2 rings (SSSR count). The molecule has 0 aromatic heterocycles. The summed E-state index contributed by atoms with van der Waals surface area (Å²) in [5.41, 5.74) is -0.667. The molecule has 0 saturated carbocycles. The van der Waals surface area contributed by atoms with E-state index in [9.17, 15) is 19.5 Å². The topological polar surface area (TPSA) is 77.9 Å². The number of carboxylic acids is 1. The number of rotatable bonds is 4. The fourth-order valence-corrected chi connectivity index (χ4v) is 3.44. The zero-order valence-electron chi connectivity index (χ0n) is 13.0. The number of piperidine rings is 1. The molecule has 6 nitrogen and oxygen atoms in total. The summed E-state index contributed by atoms with van der Waals surface area (Å²) in [5.74, 6) is -0.998. The van der Waals surface area contributed by atoms with E-state index in [0.29, 0.717) is 32.4 Å². The Hall–Kier alpha value is -1.43. The van der Waals surface area contributed by atoms with Crippen LogP contribution in [0.3, 0.4) is 0 Å². The number of amides is 2. The normalized spacial score (nSPS) is 26.7. The lowest BCUT2D eigenvalue weighted by molar-refractivity contribution is -0.153. The van der Waals surface area contributed by atoms with Crippen LogP contribution in [0.15, 0.2) is 0 Å². The minimum absolute atomic E-state index is 0.117. The molecule has 0 spiro atoms. The molecule has 0 aliphatic carbocycles. The number of hydrogen-bond donors (Lipinski definition) is 1. The molecule has 1 unspecified atom stereocenters. The van der Waals surface area contributed by atoms with Gasteiger partial charge in [0.1, 0.15) is 0 Å². The van der Waals surface area contributed by atoms with Crippen molar-refractivity contribution >= 4 is 17.8 Å². The third-order valence-corrected chi connectivity index (χ3v) is 5.00. The molecular weight excluding hydrogens is 272 g/mol. The first-order valence-electron chi connectivity index (χ1n) is 7.65. The number of carbonyl (C=O) groups excluding carboxylic acids is 2. The van der Waals surface area contributed by atoms with Crippen LogP contribution in [0.25, 0.3) is 0 Å². The van der Waals surface area contributed by atoms with Crippen molar-refractivity contribution in [2.24, 2.45) is 5.41 Å². The number of nitrogens with zero attached hydrogens (tertiary/aromatic N) is 2. The highest BCUT2D eigenvalue weighted by molar-refractivity contribution is 6.05. The van der Waals surface area contributed by atoms with Gasteiger partial charge in [0.2, 0.25) is 11.8 Å². The molecule has 2 fully saturated rings. The van der Waals surface area contributed by atoms with Gasteiger partial charge in [0, 0.05) is 19.1 Å². The Kier molecular flexibility index (Phi) is 4.37. The minimum Gasteiger partial charge on any atom is -0.481 e. The second kappa shape index (κ2) is 5.75. The maximum absolute atomic E-state index is 12.4. The Labute approximate surface area is 125 Å². The molecule has 1 atom stereocenters. The first-order valence-corrected chi connectivity index (χ1v) is 7.65. The molecular formula is C15H24N2O4. The summed E-state index contributed by atoms with van der Waals surface area (Å²) in [6, 6.07) is -0.517. The maximum atomic E-state index is 12.4. The van der Waals surface area contributed by atoms with Crippen LogP contribution in [-0.2, 0) is 14.4 Å². The van der Waals surface area contributed by atoms with Crippen molar-refractivity contribution in [1.82, 2.24) is 9.80 Å². The lowest BCUT2D eigenvalue weighted by atomic mass is 9.76. The molecule has 2 amide bonds. The summed E-state index contributed by atoms with van der Waals surface area (Å²) < 4.78 is 0. The molecule has 1 N–H and O–H groups in total. The highest BCUT2D eigenvalue weighted by atomic mass is 16.4. The molecule has 0 radical (unpaired) electrons. The van der Waals surface area contributed by atoms with Crippen LogP contribution in [0.2, 0.25) is 0 Å². The van der Waals surface area contributed by atoms with E-state index in [1.54, 1.807) is 0 Å². The summed E-state index contributed by atoms with van der Waals surface area (Å²) in [5, 5.41) is 9.40. The molecule has 2 aliphatic rings. The number of likely N-dealkylation sites (tertiary alicyclic amines) is 2. The molecule has 21 heavy (non-hydrogen) atoms. The Morgan fingerprint density at radius 2 is 1.90 bits per heavy atom. The predicted octanol–water partition coefficient (Wildman–Crippen LogP) is 1.10. The van der Waals surface area contributed by atoms with Gasteiger partial charge in [0.25, 0.3) is 0 Å². The van der Waals surface area contributed by atoms with Crippen molar-refractivity contribution in [3.63, 3.8) is 0 Å². The van der Waals surface area contributed by atoms with Crippen molar-refractivity contribution < 1.29 is 19.5 Å². The predicted molar refractivity (Wildman–Crippen MR) is 76.6 cm³/mol. The fourth-order valence-electron chi connectivity index (χ4n) is 3.44. The standard InChI is InChI=1S/C15H24N2O4/c1-4-15(14(20)21)5-7-16(8-6-15)11-9-12(18)17(10(2)3)13(11)19/h10-11H,4-9H2,1-3H3,(H,20,21). The summed E-state index contributed by atoms with van der Waals surface area (Å²) in [6.45, 7) is 6.70. The first kappa shape index (κ1) is 15.9. The SMILES string of the molecule is CCC1(C(=O)O)CCN(C2CC(=O)N(C(C)C)C2=O)CC1. The molecule has 2 heterocycles. The van der Waals surface area contributed by atoms with Crippen molar-refractivity contribution in [2.75, 3.05) is 13.1 Å². The quantitative estimate of drug-likeness (QED) is 0.786. The van der Waals surface area contributed by atoms with Gasteiger partial charge in [-0.2, -0.15) is 0 Å². The second-order valence-corrected chi connectivity index (χ2v) is 6.39. The van der Waals surface area contributed by atoms with E-state index < -0.39 is 17.4 Å². The molecule has 2 saturated heterocycles. The molecule has 6 heteroatoms. The van der Waals surface area contributed by atoms with Crippen molar-refractivity contribution in [1.29, 1.82) is 0 Å². The molecule has 0 bridgehead atoms.